The normalized spacial score (nSPS) is 10.4. The molecule has 0 N–H and O–H groups in total. The van der Waals surface area contributed by atoms with Crippen LogP contribution in [0.2, 0.25) is 0 Å². The van der Waals surface area contributed by atoms with Gasteiger partial charge in [-0.2, -0.15) is 0 Å². The lowest BCUT2D eigenvalue weighted by atomic mass is 10.00. The Morgan fingerprint density at radius 3 is 1.88 bits per heavy atom. The second-order valence-electron chi connectivity index (χ2n) is 4.15. The van der Waals surface area contributed by atoms with Crippen molar-refractivity contribution in [2.24, 2.45) is 0 Å². The van der Waals surface area contributed by atoms with Crippen LogP contribution in [0, 0.1) is 19.7 Å². The van der Waals surface area contributed by atoms with Crippen molar-refractivity contribution in [3.05, 3.63) is 53.3 Å². The van der Waals surface area contributed by atoms with E-state index in [0.29, 0.717) is 0 Å². The van der Waals surface area contributed by atoms with Crippen molar-refractivity contribution in [1.82, 2.24) is 0 Å². The highest BCUT2D eigenvalue weighted by atomic mass is 19.1. The summed E-state index contributed by atoms with van der Waals surface area (Å²) in [6.07, 6.45) is 0. The predicted molar refractivity (Wildman–Crippen MR) is 67.9 cm³/mol. The van der Waals surface area contributed by atoms with Gasteiger partial charge in [0, 0.05) is 0 Å². The fourth-order valence-electron chi connectivity index (χ4n) is 2.08. The highest BCUT2D eigenvalue weighted by molar-refractivity contribution is 5.67. The Morgan fingerprint density at radius 2 is 1.41 bits per heavy atom. The number of halogens is 1. The summed E-state index contributed by atoms with van der Waals surface area (Å²) < 4.78 is 18.2. The van der Waals surface area contributed by atoms with Crippen molar-refractivity contribution in [2.45, 2.75) is 13.8 Å². The van der Waals surface area contributed by atoms with Crippen LogP contribution in [0.25, 0.3) is 11.1 Å². The standard InChI is InChI=1S/C15H15FO/c1-10-8-13(9-11(2)15(10)17-3)12-4-6-14(16)7-5-12/h4-9H,1-3H3. The summed E-state index contributed by atoms with van der Waals surface area (Å²) in [7, 11) is 1.67. The second kappa shape index (κ2) is 4.58. The van der Waals surface area contributed by atoms with Crippen LogP contribution in [-0.4, -0.2) is 7.11 Å². The molecule has 2 rings (SSSR count). The third kappa shape index (κ3) is 2.31. The van der Waals surface area contributed by atoms with Crippen LogP contribution < -0.4 is 4.74 Å². The summed E-state index contributed by atoms with van der Waals surface area (Å²) in [5.74, 6) is 0.701. The zero-order chi connectivity index (χ0) is 12.4. The quantitative estimate of drug-likeness (QED) is 0.754. The average molecular weight is 230 g/mol. The number of ether oxygens (including phenoxy) is 1. The lowest BCUT2D eigenvalue weighted by Gasteiger charge is -2.11. The fourth-order valence-corrected chi connectivity index (χ4v) is 2.08. The van der Waals surface area contributed by atoms with Crippen LogP contribution in [0.1, 0.15) is 11.1 Å². The molecule has 2 heteroatoms. The van der Waals surface area contributed by atoms with Gasteiger partial charge in [0.05, 0.1) is 7.11 Å². The SMILES string of the molecule is COc1c(C)cc(-c2ccc(F)cc2)cc1C. The number of hydrogen-bond donors (Lipinski definition) is 0. The Morgan fingerprint density at radius 1 is 0.882 bits per heavy atom. The van der Waals surface area contributed by atoms with Crippen molar-refractivity contribution >= 4 is 0 Å². The molecule has 0 saturated carbocycles. The van der Waals surface area contributed by atoms with Gasteiger partial charge in [0.15, 0.2) is 0 Å². The second-order valence-corrected chi connectivity index (χ2v) is 4.15. The summed E-state index contributed by atoms with van der Waals surface area (Å²) in [4.78, 5) is 0. The van der Waals surface area contributed by atoms with Gasteiger partial charge in [-0.1, -0.05) is 12.1 Å². The molecule has 0 saturated heterocycles. The summed E-state index contributed by atoms with van der Waals surface area (Å²) in [6, 6.07) is 10.6. The molecule has 0 fully saturated rings. The van der Waals surface area contributed by atoms with Crippen LogP contribution in [-0.2, 0) is 0 Å². The predicted octanol–water partition coefficient (Wildman–Crippen LogP) is 4.12. The number of hydrogen-bond acceptors (Lipinski definition) is 1. The van der Waals surface area contributed by atoms with Crippen molar-refractivity contribution in [1.29, 1.82) is 0 Å². The van der Waals surface area contributed by atoms with Gasteiger partial charge in [-0.15, -0.1) is 0 Å². The van der Waals surface area contributed by atoms with Gasteiger partial charge in [-0.25, -0.2) is 4.39 Å². The Balaban J connectivity index is 2.50. The van der Waals surface area contributed by atoms with Crippen LogP contribution in [0.4, 0.5) is 4.39 Å². The van der Waals surface area contributed by atoms with E-state index in [1.54, 1.807) is 19.2 Å². The highest BCUT2D eigenvalue weighted by Gasteiger charge is 2.06. The molecule has 0 bridgehead atoms. The third-order valence-electron chi connectivity index (χ3n) is 2.84. The van der Waals surface area contributed by atoms with Crippen LogP contribution in [0.5, 0.6) is 5.75 Å². The lowest BCUT2D eigenvalue weighted by Crippen LogP contribution is -1.92. The molecular weight excluding hydrogens is 215 g/mol. The smallest absolute Gasteiger partial charge is 0.124 e. The average Bonchev–Trinajstić information content (AvgIpc) is 2.29. The summed E-state index contributed by atoms with van der Waals surface area (Å²) >= 11 is 0. The van der Waals surface area contributed by atoms with Crippen LogP contribution in [0.15, 0.2) is 36.4 Å². The molecule has 0 aliphatic heterocycles. The zero-order valence-electron chi connectivity index (χ0n) is 10.3. The van der Waals surface area contributed by atoms with E-state index < -0.39 is 0 Å². The highest BCUT2D eigenvalue weighted by Crippen LogP contribution is 2.29. The minimum Gasteiger partial charge on any atom is -0.496 e. The van der Waals surface area contributed by atoms with Crippen molar-refractivity contribution in [3.8, 4) is 16.9 Å². The van der Waals surface area contributed by atoms with E-state index in [-0.39, 0.29) is 5.82 Å². The van der Waals surface area contributed by atoms with Crippen LogP contribution >= 0.6 is 0 Å². The molecule has 0 atom stereocenters. The van der Waals surface area contributed by atoms with Gasteiger partial charge >= 0.3 is 0 Å². The maximum Gasteiger partial charge on any atom is 0.124 e. The maximum absolute atomic E-state index is 12.9. The fraction of sp³-hybridized carbons (Fsp3) is 0.200. The number of methoxy groups -OCH3 is 1. The minimum atomic E-state index is -0.212. The van der Waals surface area contributed by atoms with E-state index in [4.69, 9.17) is 4.74 Å². The van der Waals surface area contributed by atoms with Gasteiger partial charge in [0.1, 0.15) is 11.6 Å². The van der Waals surface area contributed by atoms with E-state index in [2.05, 4.69) is 12.1 Å². The molecule has 0 aliphatic carbocycles. The topological polar surface area (TPSA) is 9.23 Å². The third-order valence-corrected chi connectivity index (χ3v) is 2.84. The van der Waals surface area contributed by atoms with E-state index in [1.807, 2.05) is 13.8 Å². The molecule has 0 spiro atoms. The minimum absolute atomic E-state index is 0.212. The summed E-state index contributed by atoms with van der Waals surface area (Å²) in [6.45, 7) is 4.03. The first kappa shape index (κ1) is 11.6. The largest absolute Gasteiger partial charge is 0.496 e. The Hall–Kier alpha value is -1.83. The first-order valence-electron chi connectivity index (χ1n) is 5.53. The van der Waals surface area contributed by atoms with Gasteiger partial charge in [0.2, 0.25) is 0 Å². The molecule has 0 unspecified atom stereocenters. The molecular formula is C15H15FO. The molecule has 0 amide bonds. The monoisotopic (exact) mass is 230 g/mol. The number of benzene rings is 2. The van der Waals surface area contributed by atoms with Gasteiger partial charge in [-0.05, 0) is 60.4 Å². The summed E-state index contributed by atoms with van der Waals surface area (Å²) in [5, 5.41) is 0. The van der Waals surface area contributed by atoms with Crippen molar-refractivity contribution in [3.63, 3.8) is 0 Å². The molecule has 17 heavy (non-hydrogen) atoms. The van der Waals surface area contributed by atoms with Gasteiger partial charge in [-0.3, -0.25) is 0 Å². The van der Waals surface area contributed by atoms with Gasteiger partial charge in [0.25, 0.3) is 0 Å². The summed E-state index contributed by atoms with van der Waals surface area (Å²) in [5.41, 5.74) is 4.28. The first-order valence-corrected chi connectivity index (χ1v) is 5.53. The van der Waals surface area contributed by atoms with Gasteiger partial charge < -0.3 is 4.74 Å². The molecule has 1 nitrogen and oxygen atoms in total. The molecule has 88 valence electrons. The number of rotatable bonds is 2. The molecule has 0 radical (unpaired) electrons. The van der Waals surface area contributed by atoms with E-state index >= 15 is 0 Å². The molecule has 2 aromatic carbocycles. The first-order chi connectivity index (χ1) is 8.11. The van der Waals surface area contributed by atoms with E-state index in [9.17, 15) is 4.39 Å². The molecule has 0 heterocycles. The lowest BCUT2D eigenvalue weighted by molar-refractivity contribution is 0.408. The molecule has 0 aromatic heterocycles. The maximum atomic E-state index is 12.9. The van der Waals surface area contributed by atoms with Crippen LogP contribution in [0.3, 0.4) is 0 Å². The van der Waals surface area contributed by atoms with E-state index in [1.165, 1.54) is 12.1 Å². The Labute approximate surface area is 101 Å². The molecule has 0 aliphatic rings. The van der Waals surface area contributed by atoms with Crippen molar-refractivity contribution in [2.75, 3.05) is 7.11 Å². The zero-order valence-corrected chi connectivity index (χ0v) is 10.3. The Bertz CT molecular complexity index is 506. The number of aryl methyl sites for hydroxylation is 2. The molecule has 2 aromatic rings. The van der Waals surface area contributed by atoms with E-state index in [0.717, 1.165) is 28.0 Å². The Kier molecular flexibility index (Phi) is 3.14. The van der Waals surface area contributed by atoms with Crippen molar-refractivity contribution < 1.29 is 9.13 Å².